The first-order valence-corrected chi connectivity index (χ1v) is 7.51. The third kappa shape index (κ3) is 3.27. The Morgan fingerprint density at radius 2 is 2.28 bits per heavy atom. The molecule has 1 amide bonds. The number of hydrogen-bond acceptors (Lipinski definition) is 3. The normalized spacial score (nSPS) is 21.3. The molecule has 1 aromatic carbocycles. The number of benzene rings is 1. The molecule has 1 aliphatic rings. The van der Waals surface area contributed by atoms with Crippen LogP contribution in [0.1, 0.15) is 24.1 Å². The van der Waals surface area contributed by atoms with E-state index >= 15 is 0 Å². The van der Waals surface area contributed by atoms with Gasteiger partial charge in [0.25, 0.3) is 0 Å². The Morgan fingerprint density at radius 3 is 2.94 bits per heavy atom. The third-order valence-electron chi connectivity index (χ3n) is 3.25. The first-order chi connectivity index (χ1) is 8.68. The molecule has 1 saturated heterocycles. The number of thioether (sulfide) groups is 1. The van der Waals surface area contributed by atoms with Gasteiger partial charge in [-0.25, -0.2) is 0 Å². The summed E-state index contributed by atoms with van der Waals surface area (Å²) in [4.78, 5) is 12.1. The largest absolute Gasteiger partial charge is 0.348 e. The maximum atomic E-state index is 12.1. The quantitative estimate of drug-likeness (QED) is 0.876. The molecule has 3 nitrogen and oxygen atoms in total. The van der Waals surface area contributed by atoms with E-state index in [-0.39, 0.29) is 18.0 Å². The van der Waals surface area contributed by atoms with Gasteiger partial charge in [-0.05, 0) is 25.0 Å². The van der Waals surface area contributed by atoms with Crippen molar-refractivity contribution >= 4 is 17.7 Å². The number of amides is 1. The fraction of sp³-hybridized carbons (Fsp3) is 0.500. The topological polar surface area (TPSA) is 41.1 Å². The molecule has 0 bridgehead atoms. The van der Waals surface area contributed by atoms with Crippen molar-refractivity contribution in [2.24, 2.45) is 0 Å². The Balaban J connectivity index is 1.96. The first kappa shape index (κ1) is 13.4. The molecular weight excluding hydrogens is 244 g/mol. The zero-order valence-corrected chi connectivity index (χ0v) is 11.7. The first-order valence-electron chi connectivity index (χ1n) is 6.35. The number of hydrogen-bond donors (Lipinski definition) is 2. The van der Waals surface area contributed by atoms with Gasteiger partial charge < -0.3 is 10.6 Å². The molecule has 4 heteroatoms. The van der Waals surface area contributed by atoms with Gasteiger partial charge in [0.05, 0.1) is 12.1 Å². The van der Waals surface area contributed by atoms with Crippen molar-refractivity contribution in [3.63, 3.8) is 0 Å². The van der Waals surface area contributed by atoms with Crippen LogP contribution in [0.3, 0.4) is 0 Å². The minimum absolute atomic E-state index is 0.0461. The molecule has 1 heterocycles. The molecule has 0 spiro atoms. The summed E-state index contributed by atoms with van der Waals surface area (Å²) in [5, 5.41) is 6.35. The lowest BCUT2D eigenvalue weighted by Crippen LogP contribution is -2.49. The highest BCUT2D eigenvalue weighted by molar-refractivity contribution is 7.99. The average Bonchev–Trinajstić information content (AvgIpc) is 2.40. The highest BCUT2D eigenvalue weighted by Gasteiger charge is 2.22. The van der Waals surface area contributed by atoms with Crippen LogP contribution in [0, 0.1) is 6.92 Å². The summed E-state index contributed by atoms with van der Waals surface area (Å²) >= 11 is 1.83. The van der Waals surface area contributed by atoms with Crippen LogP contribution >= 0.6 is 11.8 Å². The van der Waals surface area contributed by atoms with Gasteiger partial charge in [0.1, 0.15) is 0 Å². The van der Waals surface area contributed by atoms with E-state index in [2.05, 4.69) is 29.7 Å². The summed E-state index contributed by atoms with van der Waals surface area (Å²) in [5.41, 5.74) is 2.41. The molecule has 0 aromatic heterocycles. The number of carbonyl (C=O) groups excluding carboxylic acids is 1. The molecule has 18 heavy (non-hydrogen) atoms. The van der Waals surface area contributed by atoms with Gasteiger partial charge in [-0.15, -0.1) is 0 Å². The highest BCUT2D eigenvalue weighted by atomic mass is 32.2. The molecule has 2 rings (SSSR count). The number of carbonyl (C=O) groups is 1. The number of nitrogens with one attached hydrogen (secondary N) is 2. The summed E-state index contributed by atoms with van der Waals surface area (Å²) in [6.45, 7) is 5.03. The monoisotopic (exact) mass is 264 g/mol. The van der Waals surface area contributed by atoms with E-state index in [0.29, 0.717) is 0 Å². The summed E-state index contributed by atoms with van der Waals surface area (Å²) in [5.74, 6) is 2.07. The Bertz CT molecular complexity index is 416. The predicted molar refractivity (Wildman–Crippen MR) is 76.9 cm³/mol. The van der Waals surface area contributed by atoms with E-state index in [1.807, 2.05) is 30.8 Å². The van der Waals surface area contributed by atoms with Crippen LogP contribution in [0.4, 0.5) is 0 Å². The van der Waals surface area contributed by atoms with E-state index < -0.39 is 0 Å². The molecule has 0 saturated carbocycles. The number of aryl methyl sites for hydroxylation is 1. The van der Waals surface area contributed by atoms with E-state index in [0.717, 1.165) is 18.1 Å². The van der Waals surface area contributed by atoms with Crippen LogP contribution in [-0.4, -0.2) is 30.0 Å². The molecular formula is C14H20N2OS. The van der Waals surface area contributed by atoms with E-state index in [1.54, 1.807) is 0 Å². The lowest BCUT2D eigenvalue weighted by Gasteiger charge is -2.25. The van der Waals surface area contributed by atoms with Crippen LogP contribution < -0.4 is 10.6 Å². The Labute approximate surface area is 113 Å². The molecule has 1 aromatic rings. The summed E-state index contributed by atoms with van der Waals surface area (Å²) in [6, 6.07) is 8.20. The molecule has 0 radical (unpaired) electrons. The van der Waals surface area contributed by atoms with Crippen molar-refractivity contribution in [2.75, 3.05) is 18.1 Å². The summed E-state index contributed by atoms with van der Waals surface area (Å²) in [6.07, 6.45) is 0. The fourth-order valence-corrected chi connectivity index (χ4v) is 3.13. The zero-order chi connectivity index (χ0) is 13.0. The second-order valence-electron chi connectivity index (χ2n) is 4.67. The lowest BCUT2D eigenvalue weighted by atomic mass is 10.0. The summed E-state index contributed by atoms with van der Waals surface area (Å²) < 4.78 is 0. The van der Waals surface area contributed by atoms with Gasteiger partial charge in [-0.2, -0.15) is 11.8 Å². The van der Waals surface area contributed by atoms with E-state index in [9.17, 15) is 4.79 Å². The van der Waals surface area contributed by atoms with E-state index in [4.69, 9.17) is 0 Å². The van der Waals surface area contributed by atoms with Crippen molar-refractivity contribution < 1.29 is 4.79 Å². The van der Waals surface area contributed by atoms with Crippen molar-refractivity contribution in [1.29, 1.82) is 0 Å². The smallest absolute Gasteiger partial charge is 0.238 e. The van der Waals surface area contributed by atoms with Crippen molar-refractivity contribution in [1.82, 2.24) is 10.6 Å². The number of rotatable bonds is 3. The van der Waals surface area contributed by atoms with Gasteiger partial charge >= 0.3 is 0 Å². The standard InChI is InChI=1S/C14H20N2OS/c1-10-5-3-4-6-12(10)11(2)16-14(17)13-9-18-8-7-15-13/h3-6,11,13,15H,7-9H2,1-2H3,(H,16,17)/t11-,13?/m0/s1. The second kappa shape index (κ2) is 6.25. The van der Waals surface area contributed by atoms with Gasteiger partial charge in [-0.1, -0.05) is 24.3 Å². The van der Waals surface area contributed by atoms with Gasteiger partial charge in [0.15, 0.2) is 0 Å². The molecule has 1 aliphatic heterocycles. The van der Waals surface area contributed by atoms with Crippen LogP contribution in [0.15, 0.2) is 24.3 Å². The molecule has 2 atom stereocenters. The molecule has 0 aliphatic carbocycles. The lowest BCUT2D eigenvalue weighted by molar-refractivity contribution is -0.123. The van der Waals surface area contributed by atoms with Gasteiger partial charge in [-0.3, -0.25) is 4.79 Å². The predicted octanol–water partition coefficient (Wildman–Crippen LogP) is 1.88. The van der Waals surface area contributed by atoms with Crippen molar-refractivity contribution in [3.05, 3.63) is 35.4 Å². The van der Waals surface area contributed by atoms with Crippen molar-refractivity contribution in [3.8, 4) is 0 Å². The Hall–Kier alpha value is -1.000. The average molecular weight is 264 g/mol. The maximum Gasteiger partial charge on any atom is 0.238 e. The minimum Gasteiger partial charge on any atom is -0.348 e. The fourth-order valence-electron chi connectivity index (χ4n) is 2.20. The van der Waals surface area contributed by atoms with Gasteiger partial charge in [0.2, 0.25) is 5.91 Å². The Morgan fingerprint density at radius 1 is 1.50 bits per heavy atom. The second-order valence-corrected chi connectivity index (χ2v) is 5.82. The van der Waals surface area contributed by atoms with Crippen LogP contribution in [0.5, 0.6) is 0 Å². The minimum atomic E-state index is -0.0461. The zero-order valence-electron chi connectivity index (χ0n) is 10.9. The van der Waals surface area contributed by atoms with Crippen molar-refractivity contribution in [2.45, 2.75) is 25.9 Å². The highest BCUT2D eigenvalue weighted by Crippen LogP contribution is 2.17. The van der Waals surface area contributed by atoms with Gasteiger partial charge in [0, 0.05) is 18.1 Å². The SMILES string of the molecule is Cc1ccccc1[C@H](C)NC(=O)C1CSCCN1. The third-order valence-corrected chi connectivity index (χ3v) is 4.31. The summed E-state index contributed by atoms with van der Waals surface area (Å²) in [7, 11) is 0. The Kier molecular flexibility index (Phi) is 4.66. The van der Waals surface area contributed by atoms with E-state index in [1.165, 1.54) is 11.1 Å². The molecule has 98 valence electrons. The molecule has 2 N–H and O–H groups in total. The van der Waals surface area contributed by atoms with Crippen LogP contribution in [-0.2, 0) is 4.79 Å². The molecule has 1 unspecified atom stereocenters. The maximum absolute atomic E-state index is 12.1. The molecule has 1 fully saturated rings. The van der Waals surface area contributed by atoms with Crippen LogP contribution in [0.2, 0.25) is 0 Å². The van der Waals surface area contributed by atoms with Crippen LogP contribution in [0.25, 0.3) is 0 Å².